The van der Waals surface area contributed by atoms with Crippen molar-refractivity contribution in [1.82, 2.24) is 14.9 Å². The first kappa shape index (κ1) is 25.8. The van der Waals surface area contributed by atoms with Gasteiger partial charge in [-0.3, -0.25) is 9.59 Å². The van der Waals surface area contributed by atoms with Crippen molar-refractivity contribution in [3.05, 3.63) is 47.0 Å². The SMILES string of the molecule is Cn1c(Nc2c(F)ccc(CNC(=O)C(C)(C)C)c2F)nc2cc(C(N)=O)c(OCC(F)F)cc21. The van der Waals surface area contributed by atoms with Gasteiger partial charge in [-0.15, -0.1) is 0 Å². The molecule has 4 N–H and O–H groups in total. The number of aromatic nitrogens is 2. The van der Waals surface area contributed by atoms with Crippen molar-refractivity contribution in [2.45, 2.75) is 33.7 Å². The summed E-state index contributed by atoms with van der Waals surface area (Å²) in [6, 6.07) is 4.81. The van der Waals surface area contributed by atoms with E-state index >= 15 is 4.39 Å². The maximum atomic E-state index is 15.1. The monoisotopic (exact) mass is 495 g/mol. The first-order valence-corrected chi connectivity index (χ1v) is 10.5. The van der Waals surface area contributed by atoms with Crippen LogP contribution >= 0.6 is 0 Å². The van der Waals surface area contributed by atoms with E-state index in [0.717, 1.165) is 6.07 Å². The molecule has 0 aliphatic rings. The molecule has 188 valence electrons. The summed E-state index contributed by atoms with van der Waals surface area (Å²) >= 11 is 0. The van der Waals surface area contributed by atoms with Crippen LogP contribution in [-0.4, -0.2) is 34.4 Å². The van der Waals surface area contributed by atoms with Crippen LogP contribution in [0.25, 0.3) is 11.0 Å². The minimum absolute atomic E-state index is 0.00453. The maximum absolute atomic E-state index is 15.1. The van der Waals surface area contributed by atoms with Crippen LogP contribution in [0.4, 0.5) is 29.2 Å². The van der Waals surface area contributed by atoms with Gasteiger partial charge in [0, 0.05) is 30.6 Å². The highest BCUT2D eigenvalue weighted by molar-refractivity contribution is 6.00. The fourth-order valence-corrected chi connectivity index (χ4v) is 3.19. The maximum Gasteiger partial charge on any atom is 0.272 e. The van der Waals surface area contributed by atoms with Gasteiger partial charge in [-0.25, -0.2) is 22.5 Å². The fourth-order valence-electron chi connectivity index (χ4n) is 3.19. The number of hydrogen-bond donors (Lipinski definition) is 3. The van der Waals surface area contributed by atoms with Gasteiger partial charge in [0.05, 0.1) is 16.6 Å². The molecule has 2 aromatic carbocycles. The summed E-state index contributed by atoms with van der Waals surface area (Å²) in [5.74, 6) is -3.23. The Hall–Kier alpha value is -3.83. The number of ether oxygens (including phenoxy) is 1. The number of fused-ring (bicyclic) bond motifs is 1. The minimum atomic E-state index is -2.78. The molecule has 0 aliphatic carbocycles. The number of benzene rings is 2. The molecule has 3 rings (SSSR count). The van der Waals surface area contributed by atoms with Crippen LogP contribution in [0.1, 0.15) is 36.7 Å². The first-order chi connectivity index (χ1) is 16.3. The van der Waals surface area contributed by atoms with Gasteiger partial charge >= 0.3 is 0 Å². The second kappa shape index (κ2) is 9.80. The third-order valence-corrected chi connectivity index (χ3v) is 5.14. The van der Waals surface area contributed by atoms with Crippen LogP contribution in [0.15, 0.2) is 24.3 Å². The number of anilines is 2. The number of alkyl halides is 2. The normalized spacial score (nSPS) is 11.7. The number of carbonyl (C=O) groups excluding carboxylic acids is 2. The topological polar surface area (TPSA) is 111 Å². The number of halogens is 4. The average molecular weight is 495 g/mol. The van der Waals surface area contributed by atoms with E-state index in [4.69, 9.17) is 10.5 Å². The first-order valence-electron chi connectivity index (χ1n) is 10.5. The quantitative estimate of drug-likeness (QED) is 0.409. The molecule has 1 aromatic heterocycles. The molecule has 0 saturated carbocycles. The molecule has 0 aliphatic heterocycles. The standard InChI is InChI=1S/C23H25F4N5O3/c1-23(2,3)21(34)29-9-11-5-6-13(24)19(18(11)27)31-22-30-14-7-12(20(28)33)16(35-10-17(25)26)8-15(14)32(22)4/h5-8,17H,9-10H2,1-4H3,(H2,28,33)(H,29,34)(H,30,31). The molecule has 0 bridgehead atoms. The molecule has 1 heterocycles. The highest BCUT2D eigenvalue weighted by atomic mass is 19.3. The highest BCUT2D eigenvalue weighted by Crippen LogP contribution is 2.31. The van der Waals surface area contributed by atoms with Gasteiger partial charge < -0.3 is 25.7 Å². The van der Waals surface area contributed by atoms with Gasteiger partial charge in [0.15, 0.2) is 5.82 Å². The second-order valence-corrected chi connectivity index (χ2v) is 8.85. The molecular formula is C23H25F4N5O3. The van der Waals surface area contributed by atoms with Crippen LogP contribution in [0.5, 0.6) is 5.75 Å². The Morgan fingerprint density at radius 3 is 2.49 bits per heavy atom. The zero-order valence-corrected chi connectivity index (χ0v) is 19.5. The van der Waals surface area contributed by atoms with Gasteiger partial charge in [0.25, 0.3) is 12.3 Å². The Balaban J connectivity index is 1.96. The van der Waals surface area contributed by atoms with Gasteiger partial charge in [-0.1, -0.05) is 26.8 Å². The predicted octanol–water partition coefficient (Wildman–Crippen LogP) is 4.00. The fraction of sp³-hybridized carbons (Fsp3) is 0.348. The number of primary amides is 1. The zero-order valence-electron chi connectivity index (χ0n) is 19.5. The Labute approximate surface area is 198 Å². The van der Waals surface area contributed by atoms with Crippen molar-refractivity contribution in [3.63, 3.8) is 0 Å². The van der Waals surface area contributed by atoms with Crippen LogP contribution < -0.4 is 21.1 Å². The Kier molecular flexibility index (Phi) is 7.22. The molecule has 0 spiro atoms. The third-order valence-electron chi connectivity index (χ3n) is 5.14. The number of hydrogen-bond acceptors (Lipinski definition) is 5. The Morgan fingerprint density at radius 1 is 1.20 bits per heavy atom. The van der Waals surface area contributed by atoms with E-state index in [-0.39, 0.29) is 40.8 Å². The molecule has 3 aromatic rings. The van der Waals surface area contributed by atoms with E-state index in [0.29, 0.717) is 5.52 Å². The van der Waals surface area contributed by atoms with Gasteiger partial charge in [0.1, 0.15) is 23.9 Å². The molecular weight excluding hydrogens is 470 g/mol. The summed E-state index contributed by atoms with van der Waals surface area (Å²) in [7, 11) is 1.52. The largest absolute Gasteiger partial charge is 0.487 e. The average Bonchev–Trinajstić information content (AvgIpc) is 3.07. The van der Waals surface area contributed by atoms with Crippen molar-refractivity contribution < 1.29 is 31.9 Å². The summed E-state index contributed by atoms with van der Waals surface area (Å²) in [6.45, 7) is 4.00. The number of rotatable bonds is 8. The highest BCUT2D eigenvalue weighted by Gasteiger charge is 2.23. The van der Waals surface area contributed by atoms with Crippen molar-refractivity contribution in [2.24, 2.45) is 18.2 Å². The van der Waals surface area contributed by atoms with Crippen molar-refractivity contribution >= 4 is 34.5 Å². The van der Waals surface area contributed by atoms with Crippen molar-refractivity contribution in [2.75, 3.05) is 11.9 Å². The summed E-state index contributed by atoms with van der Waals surface area (Å²) in [5.41, 5.74) is 4.55. The lowest BCUT2D eigenvalue weighted by molar-refractivity contribution is -0.128. The lowest BCUT2D eigenvalue weighted by Gasteiger charge is -2.18. The van der Waals surface area contributed by atoms with Crippen molar-refractivity contribution in [1.29, 1.82) is 0 Å². The smallest absolute Gasteiger partial charge is 0.272 e. The number of nitrogens with one attached hydrogen (secondary N) is 2. The predicted molar refractivity (Wildman–Crippen MR) is 122 cm³/mol. The number of aryl methyl sites for hydroxylation is 1. The number of amides is 2. The van der Waals surface area contributed by atoms with E-state index in [2.05, 4.69) is 15.6 Å². The van der Waals surface area contributed by atoms with E-state index in [1.807, 2.05) is 0 Å². The van der Waals surface area contributed by atoms with E-state index < -0.39 is 41.7 Å². The summed E-state index contributed by atoms with van der Waals surface area (Å²) in [5, 5.41) is 5.19. The Morgan fingerprint density at radius 2 is 1.89 bits per heavy atom. The van der Waals surface area contributed by atoms with Gasteiger partial charge in [-0.2, -0.15) is 0 Å². The van der Waals surface area contributed by atoms with Gasteiger partial charge in [0.2, 0.25) is 11.9 Å². The number of nitrogens with two attached hydrogens (primary N) is 1. The van der Waals surface area contributed by atoms with Crippen molar-refractivity contribution in [3.8, 4) is 5.75 Å². The molecule has 0 atom stereocenters. The lowest BCUT2D eigenvalue weighted by atomic mass is 9.95. The summed E-state index contributed by atoms with van der Waals surface area (Å²) in [6.07, 6.45) is -2.78. The molecule has 0 unspecified atom stereocenters. The third kappa shape index (κ3) is 5.64. The van der Waals surface area contributed by atoms with Crippen LogP contribution in [-0.2, 0) is 18.4 Å². The molecule has 0 fully saturated rings. The Bertz CT molecular complexity index is 1280. The molecule has 2 amide bonds. The van der Waals surface area contributed by atoms with Gasteiger partial charge in [-0.05, 0) is 12.1 Å². The molecule has 8 nitrogen and oxygen atoms in total. The molecule has 35 heavy (non-hydrogen) atoms. The van der Waals surface area contributed by atoms with Crippen LogP contribution in [0.2, 0.25) is 0 Å². The van der Waals surface area contributed by atoms with E-state index in [9.17, 15) is 22.8 Å². The lowest BCUT2D eigenvalue weighted by Crippen LogP contribution is -2.34. The summed E-state index contributed by atoms with van der Waals surface area (Å²) < 4.78 is 61.2. The van der Waals surface area contributed by atoms with Crippen LogP contribution in [0.3, 0.4) is 0 Å². The van der Waals surface area contributed by atoms with E-state index in [1.54, 1.807) is 20.8 Å². The van der Waals surface area contributed by atoms with E-state index in [1.165, 1.54) is 29.8 Å². The summed E-state index contributed by atoms with van der Waals surface area (Å²) in [4.78, 5) is 28.1. The van der Waals surface area contributed by atoms with Crippen LogP contribution in [0, 0.1) is 17.0 Å². The molecule has 0 radical (unpaired) electrons. The second-order valence-electron chi connectivity index (χ2n) is 8.85. The zero-order chi connectivity index (χ0) is 26.1. The number of carbonyl (C=O) groups is 2. The number of nitrogens with zero attached hydrogens (tertiary/aromatic N) is 2. The minimum Gasteiger partial charge on any atom is -0.487 e. The number of imidazole rings is 1. The molecule has 12 heteroatoms. The molecule has 0 saturated heterocycles.